The highest BCUT2D eigenvalue weighted by atomic mass is 16.2. The van der Waals surface area contributed by atoms with Crippen molar-refractivity contribution in [2.75, 3.05) is 7.11 Å². The Kier molecular flexibility index (Phi) is 12.3. The quantitative estimate of drug-likeness (QED) is 0.671. The Morgan fingerprint density at radius 1 is 1.04 bits per heavy atom. The van der Waals surface area contributed by atoms with Gasteiger partial charge in [0.2, 0.25) is 0 Å². The Hall–Kier alpha value is -1.97. The molecule has 0 heterocycles. The minimum absolute atomic E-state index is 0. The van der Waals surface area contributed by atoms with E-state index in [-0.39, 0.29) is 18.7 Å². The number of hydrogen-bond acceptors (Lipinski definition) is 3. The van der Waals surface area contributed by atoms with Gasteiger partial charge in [0.15, 0.2) is 5.78 Å². The number of hydrogen-bond donors (Lipinski definition) is 2. The smallest absolute Gasteiger partial charge is 0.154 e. The molecule has 3 nitrogen and oxygen atoms in total. The lowest BCUT2D eigenvalue weighted by molar-refractivity contribution is -0.127. The monoisotopic (exact) mass is 387 g/mol. The molecule has 0 aliphatic heterocycles. The summed E-state index contributed by atoms with van der Waals surface area (Å²) in [6.07, 6.45) is 2.56. The first-order chi connectivity index (χ1) is 13.3. The Morgan fingerprint density at radius 3 is 2.07 bits per heavy atom. The zero-order chi connectivity index (χ0) is 21.7. The van der Waals surface area contributed by atoms with E-state index in [2.05, 4.69) is 55.5 Å². The van der Waals surface area contributed by atoms with Crippen LogP contribution < -0.4 is 5.73 Å². The van der Waals surface area contributed by atoms with Crippen LogP contribution in [0.3, 0.4) is 0 Å². The number of ketones is 1. The van der Waals surface area contributed by atoms with E-state index in [9.17, 15) is 4.79 Å². The molecule has 158 valence electrons. The molecule has 0 unspecified atom stereocenters. The number of nitrogens with two attached hydrogens (primary N) is 1. The first-order valence-electron chi connectivity index (χ1n) is 10.2. The zero-order valence-corrected chi connectivity index (χ0v) is 18.8. The molecule has 0 saturated carbocycles. The maximum atomic E-state index is 12.2. The van der Waals surface area contributed by atoms with Gasteiger partial charge < -0.3 is 10.8 Å². The van der Waals surface area contributed by atoms with Gasteiger partial charge >= 0.3 is 0 Å². The van der Waals surface area contributed by atoms with Gasteiger partial charge in [0.05, 0.1) is 6.04 Å². The number of aryl methyl sites for hydroxylation is 2. The summed E-state index contributed by atoms with van der Waals surface area (Å²) in [6, 6.07) is 16.8. The Morgan fingerprint density at radius 2 is 1.57 bits per heavy atom. The highest BCUT2D eigenvalue weighted by molar-refractivity contribution is 5.88. The van der Waals surface area contributed by atoms with Crippen LogP contribution in [0, 0.1) is 5.41 Å². The van der Waals surface area contributed by atoms with Crippen molar-refractivity contribution in [2.45, 2.75) is 66.8 Å². The number of aliphatic hydroxyl groups is 1. The summed E-state index contributed by atoms with van der Waals surface area (Å²) in [5.74, 6) is 0.135. The SMILES string of the molecule is CC.CCc1ccccc1-c1ccc(CC[C@H](N)C(=O)C(C)(C)C)cc1.CO.[HH]. The van der Waals surface area contributed by atoms with E-state index in [1.54, 1.807) is 0 Å². The predicted octanol–water partition coefficient (Wildman–Crippen LogP) is 5.67. The zero-order valence-electron chi connectivity index (χ0n) is 18.8. The lowest BCUT2D eigenvalue weighted by Crippen LogP contribution is -2.39. The number of benzene rings is 2. The summed E-state index contributed by atoms with van der Waals surface area (Å²) in [5.41, 5.74) is 10.8. The van der Waals surface area contributed by atoms with Crippen LogP contribution in [-0.4, -0.2) is 24.0 Å². The van der Waals surface area contributed by atoms with Crippen molar-refractivity contribution in [1.29, 1.82) is 0 Å². The molecule has 2 aromatic rings. The first-order valence-corrected chi connectivity index (χ1v) is 10.2. The van der Waals surface area contributed by atoms with E-state index >= 15 is 0 Å². The molecule has 0 saturated heterocycles. The third-order valence-corrected chi connectivity index (χ3v) is 4.48. The summed E-state index contributed by atoms with van der Waals surface area (Å²) in [6.45, 7) is 12.0. The molecule has 0 spiro atoms. The van der Waals surface area contributed by atoms with E-state index < -0.39 is 0 Å². The van der Waals surface area contributed by atoms with Gasteiger partial charge in [0.25, 0.3) is 0 Å². The third kappa shape index (κ3) is 7.95. The van der Waals surface area contributed by atoms with Crippen molar-refractivity contribution in [3.05, 3.63) is 59.7 Å². The topological polar surface area (TPSA) is 63.3 Å². The lowest BCUT2D eigenvalue weighted by Gasteiger charge is -2.21. The molecule has 0 bridgehead atoms. The van der Waals surface area contributed by atoms with Crippen molar-refractivity contribution in [3.8, 4) is 11.1 Å². The average Bonchev–Trinajstić information content (AvgIpc) is 2.74. The fraction of sp³-hybridized carbons (Fsp3) is 0.480. The predicted molar refractivity (Wildman–Crippen MR) is 124 cm³/mol. The van der Waals surface area contributed by atoms with Gasteiger partial charge in [-0.1, -0.05) is 90.1 Å². The molecule has 0 amide bonds. The molecule has 0 fully saturated rings. The summed E-state index contributed by atoms with van der Waals surface area (Å²) in [4.78, 5) is 12.2. The highest BCUT2D eigenvalue weighted by Gasteiger charge is 2.26. The maximum Gasteiger partial charge on any atom is 0.154 e. The molecule has 1 atom stereocenters. The summed E-state index contributed by atoms with van der Waals surface area (Å²) in [7, 11) is 1.00. The van der Waals surface area contributed by atoms with E-state index in [4.69, 9.17) is 10.8 Å². The minimum atomic E-state index is -0.384. The number of carbonyl (C=O) groups is 1. The van der Waals surface area contributed by atoms with Gasteiger partial charge in [0.1, 0.15) is 0 Å². The average molecular weight is 388 g/mol. The summed E-state index contributed by atoms with van der Waals surface area (Å²) in [5, 5.41) is 7.00. The maximum absolute atomic E-state index is 12.2. The van der Waals surface area contributed by atoms with Gasteiger partial charge in [-0.2, -0.15) is 0 Å². The Labute approximate surface area is 173 Å². The molecule has 3 N–H and O–H groups in total. The van der Waals surface area contributed by atoms with Gasteiger partial charge in [-0.15, -0.1) is 0 Å². The van der Waals surface area contributed by atoms with Crippen molar-refractivity contribution in [1.82, 2.24) is 0 Å². The van der Waals surface area contributed by atoms with Crippen molar-refractivity contribution >= 4 is 5.78 Å². The molecule has 2 aromatic carbocycles. The molecule has 2 rings (SSSR count). The number of aliphatic hydroxyl groups excluding tert-OH is 1. The van der Waals surface area contributed by atoms with E-state index in [0.29, 0.717) is 6.42 Å². The van der Waals surface area contributed by atoms with E-state index in [0.717, 1.165) is 20.0 Å². The van der Waals surface area contributed by atoms with Crippen LogP contribution in [0.5, 0.6) is 0 Å². The summed E-state index contributed by atoms with van der Waals surface area (Å²) >= 11 is 0. The van der Waals surface area contributed by atoms with Gasteiger partial charge in [-0.3, -0.25) is 4.79 Å². The van der Waals surface area contributed by atoms with Crippen molar-refractivity contribution in [2.24, 2.45) is 11.1 Å². The second-order valence-corrected chi connectivity index (χ2v) is 7.47. The summed E-state index contributed by atoms with van der Waals surface area (Å²) < 4.78 is 0. The van der Waals surface area contributed by atoms with Crippen molar-refractivity contribution < 1.29 is 11.3 Å². The second-order valence-electron chi connectivity index (χ2n) is 7.47. The van der Waals surface area contributed by atoms with Crippen LogP contribution in [0.2, 0.25) is 0 Å². The number of carbonyl (C=O) groups excluding carboxylic acids is 1. The number of Topliss-reactive ketones (excluding diaryl/α,β-unsaturated/α-hetero) is 1. The van der Waals surface area contributed by atoms with Crippen LogP contribution in [-0.2, 0) is 17.6 Å². The molecular formula is C25H41NO2. The second kappa shape index (κ2) is 13.2. The highest BCUT2D eigenvalue weighted by Crippen LogP contribution is 2.25. The van der Waals surface area contributed by atoms with Crippen LogP contribution in [0.4, 0.5) is 0 Å². The Bertz CT molecular complexity index is 691. The van der Waals surface area contributed by atoms with Crippen LogP contribution in [0.25, 0.3) is 11.1 Å². The standard InChI is InChI=1S/C22H29NO.C2H6.CH4O.H2/c1-5-17-8-6-7-9-19(17)18-13-10-16(11-14-18)12-15-20(23)21(24)22(2,3)4;2*1-2;/h6-11,13-14,20H,5,12,15,23H2,1-4H3;1-2H3;2H,1H3;1H/t20-;;;/m0.../s1. The normalized spacial score (nSPS) is 11.5. The molecule has 3 heteroatoms. The van der Waals surface area contributed by atoms with E-state index in [1.807, 2.05) is 34.6 Å². The van der Waals surface area contributed by atoms with Crippen LogP contribution in [0.1, 0.15) is 60.5 Å². The molecular weight excluding hydrogens is 346 g/mol. The number of rotatable bonds is 6. The largest absolute Gasteiger partial charge is 0.400 e. The molecule has 0 aliphatic rings. The third-order valence-electron chi connectivity index (χ3n) is 4.48. The van der Waals surface area contributed by atoms with Gasteiger partial charge in [-0.25, -0.2) is 0 Å². The lowest BCUT2D eigenvalue weighted by atomic mass is 9.85. The fourth-order valence-corrected chi connectivity index (χ4v) is 2.97. The fourth-order valence-electron chi connectivity index (χ4n) is 2.97. The molecule has 0 aliphatic carbocycles. The molecule has 28 heavy (non-hydrogen) atoms. The first kappa shape index (κ1) is 26.0. The van der Waals surface area contributed by atoms with Crippen LogP contribution >= 0.6 is 0 Å². The van der Waals surface area contributed by atoms with Gasteiger partial charge in [-0.05, 0) is 41.5 Å². The molecule has 0 aromatic heterocycles. The van der Waals surface area contributed by atoms with E-state index in [1.165, 1.54) is 22.3 Å². The minimum Gasteiger partial charge on any atom is -0.400 e. The van der Waals surface area contributed by atoms with Crippen LogP contribution in [0.15, 0.2) is 48.5 Å². The van der Waals surface area contributed by atoms with Crippen molar-refractivity contribution in [3.63, 3.8) is 0 Å². The van der Waals surface area contributed by atoms with Gasteiger partial charge in [0, 0.05) is 14.0 Å². The Balaban J connectivity index is 0. The molecule has 0 radical (unpaired) electrons.